The lowest BCUT2D eigenvalue weighted by Crippen LogP contribution is -2.11. The van der Waals surface area contributed by atoms with Crippen LogP contribution in [0.25, 0.3) is 10.1 Å². The highest BCUT2D eigenvalue weighted by atomic mass is 79.9. The Kier molecular flexibility index (Phi) is 6.50. The van der Waals surface area contributed by atoms with Crippen LogP contribution in [0.2, 0.25) is 0 Å². The van der Waals surface area contributed by atoms with E-state index in [1.807, 2.05) is 0 Å². The van der Waals surface area contributed by atoms with Gasteiger partial charge in [-0.25, -0.2) is 8.78 Å². The predicted molar refractivity (Wildman–Crippen MR) is 110 cm³/mol. The minimum Gasteiger partial charge on any atom is -0.494 e. The average Bonchev–Trinajstić information content (AvgIpc) is 3.02. The van der Waals surface area contributed by atoms with Crippen molar-refractivity contribution in [1.29, 1.82) is 0 Å². The smallest absolute Gasteiger partial charge is 0.248 e. The third kappa shape index (κ3) is 4.12. The summed E-state index contributed by atoms with van der Waals surface area (Å²) in [5.41, 5.74) is 6.13. The topological polar surface area (TPSA) is 81.8 Å². The van der Waals surface area contributed by atoms with Crippen LogP contribution in [0.1, 0.15) is 26.7 Å². The molecule has 0 spiro atoms. The van der Waals surface area contributed by atoms with Crippen molar-refractivity contribution in [3.05, 3.63) is 56.6 Å². The Bertz CT molecular complexity index is 1050. The lowest BCUT2D eigenvalue weighted by molar-refractivity contribution is 0.1000. The third-order valence-corrected chi connectivity index (χ3v) is 7.06. The number of primary amides is 1. The normalized spacial score (nSPS) is 12.6. The Morgan fingerprint density at radius 3 is 2.71 bits per heavy atom. The molecule has 0 radical (unpaired) electrons. The van der Waals surface area contributed by atoms with E-state index in [0.717, 1.165) is 11.3 Å². The first-order valence-corrected chi connectivity index (χ1v) is 10.5. The number of nitrogens with two attached hydrogens (primary N) is 1. The molecule has 0 aliphatic carbocycles. The Hall–Kier alpha value is -1.80. The van der Waals surface area contributed by atoms with Gasteiger partial charge in [-0.2, -0.15) is 0 Å². The molecule has 2 unspecified atom stereocenters. The molecule has 10 heteroatoms. The van der Waals surface area contributed by atoms with E-state index in [-0.39, 0.29) is 22.8 Å². The molecule has 1 amide bonds. The van der Waals surface area contributed by atoms with Crippen LogP contribution < -0.4 is 15.2 Å². The van der Waals surface area contributed by atoms with Crippen LogP contribution in [0.5, 0.6) is 11.5 Å². The van der Waals surface area contributed by atoms with Crippen LogP contribution in [-0.2, 0) is 6.61 Å². The zero-order chi connectivity index (χ0) is 20.4. The van der Waals surface area contributed by atoms with Crippen LogP contribution in [0.3, 0.4) is 0 Å². The van der Waals surface area contributed by atoms with Gasteiger partial charge in [0, 0.05) is 15.4 Å². The fraction of sp³-hybridized carbons (Fsp3) is 0.167. The number of carbonyl (C=O) groups is 1. The van der Waals surface area contributed by atoms with Gasteiger partial charge >= 0.3 is 0 Å². The van der Waals surface area contributed by atoms with Gasteiger partial charge in [-0.1, -0.05) is 6.07 Å². The van der Waals surface area contributed by atoms with Gasteiger partial charge < -0.3 is 20.1 Å². The summed E-state index contributed by atoms with van der Waals surface area (Å²) >= 11 is 4.43. The van der Waals surface area contributed by atoms with Crippen LogP contribution in [0, 0.1) is 5.82 Å². The van der Waals surface area contributed by atoms with Gasteiger partial charge in [0.2, 0.25) is 5.91 Å². The molecule has 2 atom stereocenters. The average molecular weight is 490 g/mol. The molecule has 0 aliphatic heterocycles. The van der Waals surface area contributed by atoms with Crippen molar-refractivity contribution in [2.24, 2.45) is 5.73 Å². The zero-order valence-electron chi connectivity index (χ0n) is 14.5. The first-order valence-electron chi connectivity index (χ1n) is 7.90. The van der Waals surface area contributed by atoms with E-state index < -0.39 is 26.4 Å². The number of benzene rings is 2. The summed E-state index contributed by atoms with van der Waals surface area (Å²) in [5.74, 6) is -2.31. The number of methoxy groups -OCH3 is 1. The molecular formula is C18H15BrF2NO4PS. The summed E-state index contributed by atoms with van der Waals surface area (Å²) in [7, 11) is 0.456. The van der Waals surface area contributed by atoms with Gasteiger partial charge in [0.1, 0.15) is 12.4 Å². The molecule has 148 valence electrons. The van der Waals surface area contributed by atoms with Gasteiger partial charge in [0.25, 0.3) is 0 Å². The molecule has 1 aromatic heterocycles. The summed E-state index contributed by atoms with van der Waals surface area (Å²) in [4.78, 5) is 21.1. The van der Waals surface area contributed by atoms with E-state index >= 15 is 0 Å². The van der Waals surface area contributed by atoms with Gasteiger partial charge in [-0.15, -0.1) is 11.3 Å². The molecule has 0 fully saturated rings. The second-order valence-corrected chi connectivity index (χ2v) is 8.36. The summed E-state index contributed by atoms with van der Waals surface area (Å²) in [6.45, 7) is 0.0177. The van der Waals surface area contributed by atoms with Crippen LogP contribution in [0.15, 0.2) is 34.8 Å². The number of hydrogen-bond acceptors (Lipinski definition) is 5. The number of alkyl halides is 1. The van der Waals surface area contributed by atoms with Gasteiger partial charge in [0.05, 0.1) is 25.5 Å². The molecule has 28 heavy (non-hydrogen) atoms. The molecule has 3 N–H and O–H groups in total. The van der Waals surface area contributed by atoms with Crippen molar-refractivity contribution in [2.45, 2.75) is 12.5 Å². The standard InChI is InChI=1S/C18H15BrF2NO4PS/c1-25-12-3-2-8(4-11(12)20)7-26-13-6-9(18(22)23)5-10-14(19)16(17(21)27-24)28-15(10)13/h2-6,17,24,27H,7H2,1H3,(H2,22,23). The number of halogens is 3. The molecule has 5 nitrogen and oxygen atoms in total. The summed E-state index contributed by atoms with van der Waals surface area (Å²) in [5, 5.41) is 0.549. The highest BCUT2D eigenvalue weighted by molar-refractivity contribution is 9.10. The largest absolute Gasteiger partial charge is 0.494 e. The number of fused-ring (bicyclic) bond motifs is 1. The van der Waals surface area contributed by atoms with Crippen molar-refractivity contribution in [3.8, 4) is 11.5 Å². The minimum absolute atomic E-state index is 0.0177. The van der Waals surface area contributed by atoms with Crippen LogP contribution in [0.4, 0.5) is 8.78 Å². The molecule has 0 aliphatic rings. The summed E-state index contributed by atoms with van der Waals surface area (Å²) in [6, 6.07) is 7.42. The van der Waals surface area contributed by atoms with E-state index in [4.69, 9.17) is 20.1 Å². The zero-order valence-corrected chi connectivity index (χ0v) is 17.9. The second-order valence-electron chi connectivity index (χ2n) is 5.74. The van der Waals surface area contributed by atoms with Crippen molar-refractivity contribution in [2.75, 3.05) is 7.11 Å². The molecule has 3 aromatic rings. The maximum Gasteiger partial charge on any atom is 0.248 e. The van der Waals surface area contributed by atoms with Crippen LogP contribution >= 0.6 is 36.1 Å². The molecule has 0 saturated heterocycles. The number of carbonyl (C=O) groups excluding carboxylic acids is 1. The van der Waals surface area contributed by atoms with Crippen molar-refractivity contribution in [3.63, 3.8) is 0 Å². The molecule has 0 saturated carbocycles. The summed E-state index contributed by atoms with van der Waals surface area (Å²) < 4.78 is 39.7. The van der Waals surface area contributed by atoms with E-state index in [9.17, 15) is 13.6 Å². The van der Waals surface area contributed by atoms with E-state index in [1.165, 1.54) is 31.4 Å². The van der Waals surface area contributed by atoms with E-state index in [1.54, 1.807) is 6.07 Å². The SMILES string of the molecule is COc1ccc(COc2cc(C(N)=O)cc3c(Br)c(C(F)PO)sc23)cc1F. The quantitative estimate of drug-likeness (QED) is 0.455. The van der Waals surface area contributed by atoms with Crippen molar-refractivity contribution < 1.29 is 27.9 Å². The molecule has 3 rings (SSSR count). The fourth-order valence-electron chi connectivity index (χ4n) is 2.59. The molecule has 1 heterocycles. The maximum atomic E-state index is 14.1. The number of rotatable bonds is 7. The Balaban J connectivity index is 2.01. The first-order chi connectivity index (χ1) is 13.3. The Morgan fingerprint density at radius 2 is 2.11 bits per heavy atom. The van der Waals surface area contributed by atoms with Crippen molar-refractivity contribution >= 4 is 52.1 Å². The second kappa shape index (κ2) is 8.69. The first kappa shape index (κ1) is 20.9. The highest BCUT2D eigenvalue weighted by Gasteiger charge is 2.22. The Labute approximate surface area is 173 Å². The third-order valence-electron chi connectivity index (χ3n) is 3.96. The predicted octanol–water partition coefficient (Wildman–Crippen LogP) is 5.04. The monoisotopic (exact) mass is 489 g/mol. The number of thiophene rings is 1. The number of hydrogen-bond donors (Lipinski definition) is 2. The number of amides is 1. The van der Waals surface area contributed by atoms with Gasteiger partial charge in [-0.05, 0) is 45.8 Å². The Morgan fingerprint density at radius 1 is 1.36 bits per heavy atom. The van der Waals surface area contributed by atoms with E-state index in [2.05, 4.69) is 15.9 Å². The number of ether oxygens (including phenoxy) is 2. The molecule has 2 aromatic carbocycles. The van der Waals surface area contributed by atoms with Crippen LogP contribution in [-0.4, -0.2) is 17.9 Å². The molecule has 0 bridgehead atoms. The lowest BCUT2D eigenvalue weighted by Gasteiger charge is -2.10. The van der Waals surface area contributed by atoms with E-state index in [0.29, 0.717) is 25.9 Å². The lowest BCUT2D eigenvalue weighted by atomic mass is 10.1. The molecular weight excluding hydrogens is 475 g/mol. The summed E-state index contributed by atoms with van der Waals surface area (Å²) in [6.07, 6.45) is 0. The van der Waals surface area contributed by atoms with Gasteiger partial charge in [0.15, 0.2) is 17.5 Å². The minimum atomic E-state index is -1.55. The van der Waals surface area contributed by atoms with Gasteiger partial charge in [-0.3, -0.25) is 4.79 Å². The maximum absolute atomic E-state index is 14.1. The fourth-order valence-corrected chi connectivity index (χ4v) is 5.30. The highest BCUT2D eigenvalue weighted by Crippen LogP contribution is 2.48. The van der Waals surface area contributed by atoms with Crippen molar-refractivity contribution in [1.82, 2.24) is 0 Å².